The zero-order valence-electron chi connectivity index (χ0n) is 15.0. The van der Waals surface area contributed by atoms with E-state index in [0.29, 0.717) is 12.2 Å². The van der Waals surface area contributed by atoms with Gasteiger partial charge in [-0.1, -0.05) is 32.9 Å². The van der Waals surface area contributed by atoms with Crippen LogP contribution in [0.15, 0.2) is 4.52 Å². The van der Waals surface area contributed by atoms with Crippen LogP contribution in [0.4, 0.5) is 0 Å². The number of ketones is 1. The first-order valence-electron chi connectivity index (χ1n) is 8.22. The Morgan fingerprint density at radius 2 is 1.88 bits per heavy atom. The predicted octanol–water partition coefficient (Wildman–Crippen LogP) is 0.108. The molecule has 1 rings (SSSR count). The standard InChI is InChI=1S/C15H26N4O5S/c1-5-11(13(20)15-18-12(6-2)19-24-15)17-14(21)10(16)8-25(22,23)7-9(3)4/h9-11H,5-8,16H2,1-4H3,(H,17,21). The maximum Gasteiger partial charge on any atom is 0.296 e. The van der Waals surface area contributed by atoms with Crippen LogP contribution in [0.25, 0.3) is 0 Å². The number of carbonyl (C=O) groups excluding carboxylic acids is 2. The molecule has 1 aromatic rings. The van der Waals surface area contributed by atoms with Gasteiger partial charge >= 0.3 is 0 Å². The van der Waals surface area contributed by atoms with Crippen LogP contribution in [0.3, 0.4) is 0 Å². The van der Waals surface area contributed by atoms with Crippen molar-refractivity contribution in [3.05, 3.63) is 11.7 Å². The highest BCUT2D eigenvalue weighted by Crippen LogP contribution is 2.07. The number of hydrogen-bond donors (Lipinski definition) is 2. The van der Waals surface area contributed by atoms with Crippen LogP contribution < -0.4 is 11.1 Å². The molecular weight excluding hydrogens is 348 g/mol. The van der Waals surface area contributed by atoms with Gasteiger partial charge in [-0.15, -0.1) is 0 Å². The number of nitrogens with two attached hydrogens (primary N) is 1. The Morgan fingerprint density at radius 3 is 2.36 bits per heavy atom. The van der Waals surface area contributed by atoms with Crippen molar-refractivity contribution in [2.45, 2.75) is 52.6 Å². The number of aryl methyl sites for hydroxylation is 1. The van der Waals surface area contributed by atoms with Crippen LogP contribution >= 0.6 is 0 Å². The molecule has 0 aliphatic carbocycles. The Labute approximate surface area is 147 Å². The summed E-state index contributed by atoms with van der Waals surface area (Å²) >= 11 is 0. The van der Waals surface area contributed by atoms with Crippen LogP contribution in [0.2, 0.25) is 0 Å². The number of sulfone groups is 1. The number of hydrogen-bond acceptors (Lipinski definition) is 8. The molecule has 0 aliphatic heterocycles. The second kappa shape index (κ2) is 9.04. The molecule has 0 fully saturated rings. The van der Waals surface area contributed by atoms with Crippen molar-refractivity contribution >= 4 is 21.5 Å². The second-order valence-electron chi connectivity index (χ2n) is 6.28. The molecule has 1 amide bonds. The Morgan fingerprint density at radius 1 is 1.24 bits per heavy atom. The van der Waals surface area contributed by atoms with Crippen LogP contribution in [-0.2, 0) is 21.1 Å². The van der Waals surface area contributed by atoms with Crippen molar-refractivity contribution in [2.24, 2.45) is 11.7 Å². The molecule has 142 valence electrons. The summed E-state index contributed by atoms with van der Waals surface area (Å²) in [5.41, 5.74) is 5.69. The average molecular weight is 374 g/mol. The van der Waals surface area contributed by atoms with E-state index in [1.807, 2.05) is 6.92 Å². The fourth-order valence-electron chi connectivity index (χ4n) is 2.20. The summed E-state index contributed by atoms with van der Waals surface area (Å²) in [4.78, 5) is 28.4. The summed E-state index contributed by atoms with van der Waals surface area (Å²) < 4.78 is 28.8. The molecule has 2 atom stereocenters. The summed E-state index contributed by atoms with van der Waals surface area (Å²) in [5, 5.41) is 6.10. The molecule has 0 spiro atoms. The van der Waals surface area contributed by atoms with E-state index in [9.17, 15) is 18.0 Å². The molecule has 1 heterocycles. The first-order chi connectivity index (χ1) is 11.6. The van der Waals surface area contributed by atoms with E-state index in [-0.39, 0.29) is 24.0 Å². The number of carbonyl (C=O) groups is 2. The summed E-state index contributed by atoms with van der Waals surface area (Å²) in [6, 6.07) is -2.16. The lowest BCUT2D eigenvalue weighted by Crippen LogP contribution is -2.51. The monoisotopic (exact) mass is 374 g/mol. The fourth-order valence-corrected chi connectivity index (χ4v) is 4.05. The minimum atomic E-state index is -3.45. The smallest absolute Gasteiger partial charge is 0.296 e. The van der Waals surface area contributed by atoms with E-state index in [4.69, 9.17) is 10.3 Å². The zero-order chi connectivity index (χ0) is 19.2. The quantitative estimate of drug-likeness (QED) is 0.549. The van der Waals surface area contributed by atoms with Gasteiger partial charge in [-0.3, -0.25) is 9.59 Å². The lowest BCUT2D eigenvalue weighted by Gasteiger charge is -2.18. The molecule has 9 nitrogen and oxygen atoms in total. The van der Waals surface area contributed by atoms with Gasteiger partial charge in [0.1, 0.15) is 0 Å². The molecule has 0 radical (unpaired) electrons. The van der Waals surface area contributed by atoms with E-state index in [2.05, 4.69) is 15.5 Å². The van der Waals surface area contributed by atoms with Crippen molar-refractivity contribution in [2.75, 3.05) is 11.5 Å². The van der Waals surface area contributed by atoms with Gasteiger partial charge in [-0.05, 0) is 12.3 Å². The largest absolute Gasteiger partial charge is 0.344 e. The van der Waals surface area contributed by atoms with E-state index in [0.717, 1.165) is 0 Å². The maximum absolute atomic E-state index is 12.3. The van der Waals surface area contributed by atoms with E-state index in [1.165, 1.54) is 0 Å². The van der Waals surface area contributed by atoms with Gasteiger partial charge in [0.15, 0.2) is 15.7 Å². The summed E-state index contributed by atoms with van der Waals surface area (Å²) in [6.07, 6.45) is 0.790. The molecule has 3 N–H and O–H groups in total. The van der Waals surface area contributed by atoms with E-state index >= 15 is 0 Å². The first kappa shape index (κ1) is 21.2. The number of nitrogens with zero attached hydrogens (tertiary/aromatic N) is 2. The molecule has 0 saturated heterocycles. The lowest BCUT2D eigenvalue weighted by atomic mass is 10.1. The number of rotatable bonds is 10. The molecule has 10 heteroatoms. The highest BCUT2D eigenvalue weighted by atomic mass is 32.2. The highest BCUT2D eigenvalue weighted by molar-refractivity contribution is 7.91. The Kier molecular flexibility index (Phi) is 7.68. The minimum absolute atomic E-state index is 0.0497. The Hall–Kier alpha value is -1.81. The Bertz CT molecular complexity index is 699. The number of aromatic nitrogens is 2. The van der Waals surface area contributed by atoms with Gasteiger partial charge < -0.3 is 15.6 Å². The fraction of sp³-hybridized carbons (Fsp3) is 0.733. The lowest BCUT2D eigenvalue weighted by molar-refractivity contribution is -0.122. The van der Waals surface area contributed by atoms with Crippen LogP contribution in [0, 0.1) is 5.92 Å². The van der Waals surface area contributed by atoms with Gasteiger partial charge in [0, 0.05) is 6.42 Å². The molecule has 0 saturated carbocycles. The number of Topliss-reactive ketones (excluding diaryl/α,β-unsaturated/α-hetero) is 1. The third kappa shape index (κ3) is 6.54. The molecule has 2 unspecified atom stereocenters. The summed E-state index contributed by atoms with van der Waals surface area (Å²) in [6.45, 7) is 7.05. The van der Waals surface area contributed by atoms with Crippen LogP contribution in [0.1, 0.15) is 50.6 Å². The van der Waals surface area contributed by atoms with Crippen molar-refractivity contribution in [3.8, 4) is 0 Å². The SMILES string of the molecule is CCc1noc(C(=O)C(CC)NC(=O)C(N)CS(=O)(=O)CC(C)C)n1. The van der Waals surface area contributed by atoms with Crippen molar-refractivity contribution in [1.29, 1.82) is 0 Å². The van der Waals surface area contributed by atoms with E-state index in [1.54, 1.807) is 20.8 Å². The van der Waals surface area contributed by atoms with Gasteiger partial charge in [-0.2, -0.15) is 4.98 Å². The summed E-state index contributed by atoms with van der Waals surface area (Å²) in [5.74, 6) is -1.61. The molecular formula is C15H26N4O5S. The van der Waals surface area contributed by atoms with Gasteiger partial charge in [0.25, 0.3) is 5.89 Å². The zero-order valence-corrected chi connectivity index (χ0v) is 15.8. The highest BCUT2D eigenvalue weighted by Gasteiger charge is 2.29. The average Bonchev–Trinajstić information content (AvgIpc) is 2.98. The molecule has 1 aromatic heterocycles. The molecule has 25 heavy (non-hydrogen) atoms. The first-order valence-corrected chi connectivity index (χ1v) is 10.0. The van der Waals surface area contributed by atoms with E-state index < -0.39 is 39.4 Å². The molecule has 0 aliphatic rings. The Balaban J connectivity index is 2.73. The van der Waals surface area contributed by atoms with Crippen LogP contribution in [-0.4, -0.2) is 53.8 Å². The number of amides is 1. The predicted molar refractivity (Wildman–Crippen MR) is 91.7 cm³/mol. The molecule has 0 bridgehead atoms. The van der Waals surface area contributed by atoms with Crippen molar-refractivity contribution < 1.29 is 22.5 Å². The third-order valence-electron chi connectivity index (χ3n) is 3.39. The van der Waals surface area contributed by atoms with Crippen molar-refractivity contribution in [3.63, 3.8) is 0 Å². The maximum atomic E-state index is 12.3. The van der Waals surface area contributed by atoms with Gasteiger partial charge in [-0.25, -0.2) is 8.42 Å². The van der Waals surface area contributed by atoms with Crippen molar-refractivity contribution in [1.82, 2.24) is 15.5 Å². The molecule has 0 aromatic carbocycles. The van der Waals surface area contributed by atoms with Gasteiger partial charge in [0.05, 0.1) is 23.6 Å². The van der Waals surface area contributed by atoms with Gasteiger partial charge in [0.2, 0.25) is 11.7 Å². The second-order valence-corrected chi connectivity index (χ2v) is 8.43. The third-order valence-corrected chi connectivity index (χ3v) is 5.44. The number of nitrogens with one attached hydrogen (secondary N) is 1. The van der Waals surface area contributed by atoms with Crippen LogP contribution in [0.5, 0.6) is 0 Å². The summed E-state index contributed by atoms with van der Waals surface area (Å²) in [7, 11) is -3.45. The topological polar surface area (TPSA) is 145 Å². The minimum Gasteiger partial charge on any atom is -0.344 e. The normalized spacial score (nSPS) is 14.3.